The molecule has 3 rings (SSSR count). The normalized spacial score (nSPS) is 11.4. The minimum atomic E-state index is -0.433. The first kappa shape index (κ1) is 17.8. The summed E-state index contributed by atoms with van der Waals surface area (Å²) in [4.78, 5) is 4.39. The van der Waals surface area contributed by atoms with Crippen LogP contribution in [0.15, 0.2) is 77.8 Å². The van der Waals surface area contributed by atoms with Gasteiger partial charge < -0.3 is 5.11 Å². The van der Waals surface area contributed by atoms with Gasteiger partial charge >= 0.3 is 0 Å². The topological polar surface area (TPSA) is 82.7 Å². The molecular weight excluding hydrogens is 331 g/mol. The lowest BCUT2D eigenvalue weighted by Gasteiger charge is -2.15. The monoisotopic (exact) mass is 350 g/mol. The van der Waals surface area contributed by atoms with Gasteiger partial charge in [0.1, 0.15) is 17.3 Å². The summed E-state index contributed by atoms with van der Waals surface area (Å²) in [5.74, 6) is 5.36. The molecular formula is C20H19FN4O. The Kier molecular flexibility index (Phi) is 5.70. The van der Waals surface area contributed by atoms with E-state index in [1.165, 1.54) is 6.07 Å². The molecule has 3 aromatic rings. The molecule has 6 heteroatoms. The second-order valence-corrected chi connectivity index (χ2v) is 5.54. The number of aliphatic hydroxyl groups is 1. The minimum Gasteiger partial charge on any atom is -0.392 e. The average Bonchev–Trinajstić information content (AvgIpc) is 2.69. The van der Waals surface area contributed by atoms with Crippen molar-refractivity contribution < 1.29 is 9.50 Å². The molecule has 0 heterocycles. The average molecular weight is 350 g/mol. The highest BCUT2D eigenvalue weighted by molar-refractivity contribution is 6.05. The lowest BCUT2D eigenvalue weighted by atomic mass is 9.95. The van der Waals surface area contributed by atoms with E-state index in [4.69, 9.17) is 5.84 Å². The van der Waals surface area contributed by atoms with Crippen LogP contribution in [-0.4, -0.2) is 10.9 Å². The number of nitrogens with one attached hydrogen (secondary N) is 2. The molecule has 0 aromatic heterocycles. The van der Waals surface area contributed by atoms with Gasteiger partial charge in [0, 0.05) is 5.56 Å². The molecule has 0 fully saturated rings. The highest BCUT2D eigenvalue weighted by Gasteiger charge is 2.14. The number of aliphatic hydroxyl groups excluding tert-OH is 1. The second-order valence-electron chi connectivity index (χ2n) is 5.54. The van der Waals surface area contributed by atoms with Gasteiger partial charge in [0.25, 0.3) is 0 Å². The Bertz CT molecular complexity index is 927. The van der Waals surface area contributed by atoms with Crippen molar-refractivity contribution in [1.82, 2.24) is 11.0 Å². The van der Waals surface area contributed by atoms with Crippen molar-refractivity contribution in [3.05, 3.63) is 89.7 Å². The molecule has 0 aliphatic rings. The minimum absolute atomic E-state index is 0.0904. The summed E-state index contributed by atoms with van der Waals surface area (Å²) in [6.07, 6.45) is 0. The molecule has 0 radical (unpaired) electrons. The van der Waals surface area contributed by atoms with E-state index in [2.05, 4.69) is 16.0 Å². The van der Waals surface area contributed by atoms with Gasteiger partial charge in [-0.1, -0.05) is 60.7 Å². The molecule has 5 nitrogen and oxygen atoms in total. The predicted octanol–water partition coefficient (Wildman–Crippen LogP) is 3.03. The Hall–Kier alpha value is -3.06. The maximum absolute atomic E-state index is 14.0. The SMILES string of the molecule is NNNC(=Nc1ccccc1F)c1ccccc1-c1ccccc1CO. The van der Waals surface area contributed by atoms with Crippen LogP contribution in [0.3, 0.4) is 0 Å². The number of nitrogens with two attached hydrogens (primary N) is 1. The van der Waals surface area contributed by atoms with Crippen LogP contribution in [0, 0.1) is 5.82 Å². The summed E-state index contributed by atoms with van der Waals surface area (Å²) in [6.45, 7) is -0.0904. The predicted molar refractivity (Wildman–Crippen MR) is 101 cm³/mol. The molecule has 0 atom stereocenters. The molecule has 132 valence electrons. The summed E-state index contributed by atoms with van der Waals surface area (Å²) in [5.41, 5.74) is 8.53. The fraction of sp³-hybridized carbons (Fsp3) is 0.0500. The Balaban J connectivity index is 2.17. The van der Waals surface area contributed by atoms with E-state index < -0.39 is 5.82 Å². The van der Waals surface area contributed by atoms with Gasteiger partial charge in [0.2, 0.25) is 0 Å². The molecule has 0 bridgehead atoms. The largest absolute Gasteiger partial charge is 0.392 e. The second kappa shape index (κ2) is 8.35. The van der Waals surface area contributed by atoms with Crippen molar-refractivity contribution >= 4 is 11.5 Å². The van der Waals surface area contributed by atoms with Crippen LogP contribution < -0.4 is 16.8 Å². The van der Waals surface area contributed by atoms with E-state index in [-0.39, 0.29) is 12.3 Å². The van der Waals surface area contributed by atoms with E-state index in [0.717, 1.165) is 22.3 Å². The number of hydrazine groups is 2. The third-order valence-electron chi connectivity index (χ3n) is 3.94. The first-order valence-electron chi connectivity index (χ1n) is 8.08. The van der Waals surface area contributed by atoms with E-state index in [9.17, 15) is 9.50 Å². The molecule has 0 aliphatic carbocycles. The van der Waals surface area contributed by atoms with E-state index in [0.29, 0.717) is 5.84 Å². The van der Waals surface area contributed by atoms with Gasteiger partial charge in [-0.2, -0.15) is 5.53 Å². The van der Waals surface area contributed by atoms with Gasteiger partial charge in [0.15, 0.2) is 0 Å². The van der Waals surface area contributed by atoms with Gasteiger partial charge in [-0.3, -0.25) is 11.3 Å². The number of hydrogen-bond acceptors (Lipinski definition) is 4. The lowest BCUT2D eigenvalue weighted by molar-refractivity contribution is 0.282. The Morgan fingerprint density at radius 1 is 0.923 bits per heavy atom. The van der Waals surface area contributed by atoms with Crippen molar-refractivity contribution in [2.75, 3.05) is 0 Å². The number of benzene rings is 3. The highest BCUT2D eigenvalue weighted by Crippen LogP contribution is 2.28. The van der Waals surface area contributed by atoms with Gasteiger partial charge in [0.05, 0.1) is 6.61 Å². The summed E-state index contributed by atoms with van der Waals surface area (Å²) < 4.78 is 14.0. The summed E-state index contributed by atoms with van der Waals surface area (Å²) in [6, 6.07) is 21.3. The molecule has 26 heavy (non-hydrogen) atoms. The standard InChI is InChI=1S/C20H19FN4O/c21-18-11-5-6-12-19(18)23-20(24-25-22)17-10-4-3-9-16(17)15-8-2-1-7-14(15)13-26/h1-12,25-26H,13,22H2,(H,23,24). The maximum Gasteiger partial charge on any atom is 0.149 e. The van der Waals surface area contributed by atoms with Crippen LogP contribution in [0.25, 0.3) is 11.1 Å². The van der Waals surface area contributed by atoms with Gasteiger partial charge in [-0.05, 0) is 28.8 Å². The lowest BCUT2D eigenvalue weighted by Crippen LogP contribution is -2.42. The Morgan fingerprint density at radius 2 is 1.58 bits per heavy atom. The number of rotatable bonds is 5. The fourth-order valence-electron chi connectivity index (χ4n) is 2.73. The Morgan fingerprint density at radius 3 is 2.31 bits per heavy atom. The van der Waals surface area contributed by atoms with E-state index >= 15 is 0 Å². The Labute approximate surface area is 151 Å². The zero-order chi connectivity index (χ0) is 18.4. The molecule has 0 saturated heterocycles. The molecule has 0 unspecified atom stereocenters. The molecule has 0 saturated carbocycles. The number of aliphatic imine (C=N–C) groups is 1. The zero-order valence-electron chi connectivity index (χ0n) is 14.0. The number of halogens is 1. The summed E-state index contributed by atoms with van der Waals surface area (Å²) >= 11 is 0. The van der Waals surface area contributed by atoms with Crippen molar-refractivity contribution in [3.63, 3.8) is 0 Å². The molecule has 0 aliphatic heterocycles. The molecule has 0 amide bonds. The first-order valence-corrected chi connectivity index (χ1v) is 8.08. The van der Waals surface area contributed by atoms with Crippen LogP contribution in [-0.2, 0) is 6.61 Å². The van der Waals surface area contributed by atoms with Crippen molar-refractivity contribution in [1.29, 1.82) is 0 Å². The van der Waals surface area contributed by atoms with Crippen molar-refractivity contribution in [2.45, 2.75) is 6.61 Å². The third-order valence-corrected chi connectivity index (χ3v) is 3.94. The first-order chi connectivity index (χ1) is 12.7. The maximum atomic E-state index is 14.0. The van der Waals surface area contributed by atoms with Crippen LogP contribution >= 0.6 is 0 Å². The smallest absolute Gasteiger partial charge is 0.149 e. The number of nitrogens with zero attached hydrogens (tertiary/aromatic N) is 1. The molecule has 0 spiro atoms. The summed E-state index contributed by atoms with van der Waals surface area (Å²) in [7, 11) is 0. The molecule has 5 N–H and O–H groups in total. The van der Waals surface area contributed by atoms with Gasteiger partial charge in [-0.25, -0.2) is 9.38 Å². The summed E-state index contributed by atoms with van der Waals surface area (Å²) in [5, 5.41) is 9.66. The van der Waals surface area contributed by atoms with E-state index in [1.54, 1.807) is 18.2 Å². The van der Waals surface area contributed by atoms with Crippen LogP contribution in [0.4, 0.5) is 10.1 Å². The van der Waals surface area contributed by atoms with Crippen LogP contribution in [0.5, 0.6) is 0 Å². The van der Waals surface area contributed by atoms with Crippen LogP contribution in [0.1, 0.15) is 11.1 Å². The van der Waals surface area contributed by atoms with Crippen LogP contribution in [0.2, 0.25) is 0 Å². The highest BCUT2D eigenvalue weighted by atomic mass is 19.1. The third kappa shape index (κ3) is 3.78. The van der Waals surface area contributed by atoms with E-state index in [1.807, 2.05) is 48.5 Å². The van der Waals surface area contributed by atoms with Gasteiger partial charge in [-0.15, -0.1) is 0 Å². The number of amidine groups is 1. The van der Waals surface area contributed by atoms with Crippen molar-refractivity contribution in [3.8, 4) is 11.1 Å². The number of para-hydroxylation sites is 1. The molecule has 3 aromatic carbocycles. The number of hydrogen-bond donors (Lipinski definition) is 4. The fourth-order valence-corrected chi connectivity index (χ4v) is 2.73. The zero-order valence-corrected chi connectivity index (χ0v) is 14.0. The quantitative estimate of drug-likeness (QED) is 0.247. The van der Waals surface area contributed by atoms with Crippen molar-refractivity contribution in [2.24, 2.45) is 10.8 Å².